The van der Waals surface area contributed by atoms with Crippen molar-refractivity contribution in [2.75, 3.05) is 17.2 Å². The summed E-state index contributed by atoms with van der Waals surface area (Å²) in [5, 5.41) is 6.28. The third-order valence-corrected chi connectivity index (χ3v) is 4.83. The molecule has 2 N–H and O–H groups in total. The fraction of sp³-hybridized carbons (Fsp3) is 0.208. The number of hydrogen-bond donors (Lipinski definition) is 2. The topological polar surface area (TPSA) is 76.1 Å². The van der Waals surface area contributed by atoms with Crippen LogP contribution < -0.4 is 10.6 Å². The van der Waals surface area contributed by atoms with Crippen molar-refractivity contribution in [1.82, 2.24) is 9.97 Å². The maximum atomic E-state index is 12.3. The lowest BCUT2D eigenvalue weighted by molar-refractivity contribution is -0.116. The molecule has 1 aliphatic heterocycles. The predicted octanol–water partition coefficient (Wildman–Crippen LogP) is 5.00. The Morgan fingerprint density at radius 1 is 1.03 bits per heavy atom. The number of nitrogens with one attached hydrogen (secondary N) is 2. The first-order valence-electron chi connectivity index (χ1n) is 10.00. The lowest BCUT2D eigenvalue weighted by Crippen LogP contribution is -2.11. The number of fused-ring (bicyclic) bond motifs is 7. The molecule has 0 saturated heterocycles. The number of carbonyl (C=O) groups is 1. The van der Waals surface area contributed by atoms with Crippen LogP contribution in [0.15, 0.2) is 66.9 Å². The van der Waals surface area contributed by atoms with Crippen LogP contribution in [0.4, 0.5) is 17.3 Å². The minimum Gasteiger partial charge on any atom is -0.373 e. The van der Waals surface area contributed by atoms with Crippen LogP contribution in [0.3, 0.4) is 0 Å². The van der Waals surface area contributed by atoms with Crippen LogP contribution in [-0.2, 0) is 16.1 Å². The summed E-state index contributed by atoms with van der Waals surface area (Å²) in [6.07, 6.45) is 6.75. The Labute approximate surface area is 176 Å². The second kappa shape index (κ2) is 9.33. The van der Waals surface area contributed by atoms with Crippen molar-refractivity contribution in [2.45, 2.75) is 26.4 Å². The maximum absolute atomic E-state index is 12.3. The lowest BCUT2D eigenvalue weighted by Gasteiger charge is -2.11. The molecule has 1 aliphatic rings. The zero-order valence-electron chi connectivity index (χ0n) is 16.9. The van der Waals surface area contributed by atoms with Gasteiger partial charge in [0, 0.05) is 29.6 Å². The summed E-state index contributed by atoms with van der Waals surface area (Å²) in [7, 11) is 0. The van der Waals surface area contributed by atoms with E-state index < -0.39 is 0 Å². The average molecular weight is 400 g/mol. The molecular weight excluding hydrogens is 376 g/mol. The van der Waals surface area contributed by atoms with Crippen LogP contribution in [0.2, 0.25) is 0 Å². The SMILES string of the molecule is Cc1ccc2cc1NC(=O)CC/C=C\COCc1cccc(c1)Nc1nccc-2n1. The van der Waals surface area contributed by atoms with E-state index in [2.05, 4.69) is 20.6 Å². The van der Waals surface area contributed by atoms with Gasteiger partial charge in [-0.25, -0.2) is 9.97 Å². The van der Waals surface area contributed by atoms with Gasteiger partial charge in [-0.2, -0.15) is 0 Å². The second-order valence-electron chi connectivity index (χ2n) is 7.19. The second-order valence-corrected chi connectivity index (χ2v) is 7.19. The molecule has 0 fully saturated rings. The van der Waals surface area contributed by atoms with Gasteiger partial charge in [0.1, 0.15) is 0 Å². The number of hydrogen-bond acceptors (Lipinski definition) is 5. The average Bonchev–Trinajstić information content (AvgIpc) is 2.74. The van der Waals surface area contributed by atoms with Gasteiger partial charge in [0.05, 0.1) is 18.9 Å². The molecule has 6 nitrogen and oxygen atoms in total. The fourth-order valence-electron chi connectivity index (χ4n) is 3.22. The van der Waals surface area contributed by atoms with E-state index in [1.165, 1.54) is 0 Å². The van der Waals surface area contributed by atoms with Crippen LogP contribution in [0, 0.1) is 6.92 Å². The van der Waals surface area contributed by atoms with E-state index in [1.807, 2.05) is 67.6 Å². The fourth-order valence-corrected chi connectivity index (χ4v) is 3.22. The molecule has 0 atom stereocenters. The number of aryl methyl sites for hydroxylation is 1. The van der Waals surface area contributed by atoms with Crippen molar-refractivity contribution < 1.29 is 9.53 Å². The van der Waals surface area contributed by atoms with Crippen molar-refractivity contribution in [3.05, 3.63) is 78.0 Å². The van der Waals surface area contributed by atoms with Gasteiger partial charge in [0.25, 0.3) is 0 Å². The highest BCUT2D eigenvalue weighted by molar-refractivity contribution is 5.92. The van der Waals surface area contributed by atoms with Crippen molar-refractivity contribution in [1.29, 1.82) is 0 Å². The van der Waals surface area contributed by atoms with Gasteiger partial charge >= 0.3 is 0 Å². The van der Waals surface area contributed by atoms with E-state index in [1.54, 1.807) is 6.20 Å². The van der Waals surface area contributed by atoms with E-state index in [0.717, 1.165) is 33.8 Å². The van der Waals surface area contributed by atoms with Crippen molar-refractivity contribution in [3.63, 3.8) is 0 Å². The van der Waals surface area contributed by atoms with Crippen LogP contribution >= 0.6 is 0 Å². The molecule has 0 aliphatic carbocycles. The molecule has 4 rings (SSSR count). The lowest BCUT2D eigenvalue weighted by atomic mass is 10.1. The Hall–Kier alpha value is -3.51. The highest BCUT2D eigenvalue weighted by Crippen LogP contribution is 2.25. The third kappa shape index (κ3) is 5.10. The first-order valence-corrected chi connectivity index (χ1v) is 10.00. The molecule has 0 saturated carbocycles. The van der Waals surface area contributed by atoms with Gasteiger partial charge < -0.3 is 15.4 Å². The summed E-state index contributed by atoms with van der Waals surface area (Å²) in [6.45, 7) is 2.99. The molecule has 1 amide bonds. The summed E-state index contributed by atoms with van der Waals surface area (Å²) in [5.74, 6) is 0.498. The Kier molecular flexibility index (Phi) is 6.15. The summed E-state index contributed by atoms with van der Waals surface area (Å²) >= 11 is 0. The van der Waals surface area contributed by atoms with Crippen molar-refractivity contribution in [3.8, 4) is 11.3 Å². The molecule has 152 valence electrons. The summed E-state index contributed by atoms with van der Waals surface area (Å²) in [6, 6.07) is 15.8. The van der Waals surface area contributed by atoms with Crippen LogP contribution in [0.1, 0.15) is 24.0 Å². The smallest absolute Gasteiger partial charge is 0.227 e. The molecule has 0 unspecified atom stereocenters. The van der Waals surface area contributed by atoms with Gasteiger partial charge in [-0.1, -0.05) is 36.4 Å². The van der Waals surface area contributed by atoms with E-state index >= 15 is 0 Å². The molecule has 2 heterocycles. The van der Waals surface area contributed by atoms with Gasteiger partial charge in [0.2, 0.25) is 11.9 Å². The summed E-state index contributed by atoms with van der Waals surface area (Å²) in [5.41, 5.74) is 5.46. The quantitative estimate of drug-likeness (QED) is 0.519. The minimum atomic E-state index is -0.0141. The Morgan fingerprint density at radius 3 is 2.90 bits per heavy atom. The van der Waals surface area contributed by atoms with Gasteiger partial charge in [-0.15, -0.1) is 0 Å². The predicted molar refractivity (Wildman–Crippen MR) is 119 cm³/mol. The largest absolute Gasteiger partial charge is 0.373 e. The van der Waals surface area contributed by atoms with Crippen LogP contribution in [0.5, 0.6) is 0 Å². The number of nitrogens with zero attached hydrogens (tertiary/aromatic N) is 2. The van der Waals surface area contributed by atoms with Crippen LogP contribution in [0.25, 0.3) is 11.3 Å². The van der Waals surface area contributed by atoms with Crippen molar-refractivity contribution in [2.24, 2.45) is 0 Å². The maximum Gasteiger partial charge on any atom is 0.227 e. The normalized spacial score (nSPS) is 15.7. The summed E-state index contributed by atoms with van der Waals surface area (Å²) in [4.78, 5) is 21.3. The van der Waals surface area contributed by atoms with E-state index in [9.17, 15) is 4.79 Å². The standard InChI is InChI=1S/C24H24N4O2/c1-17-9-10-19-15-22(17)27-23(29)8-3-2-4-13-30-16-18-6-5-7-20(14-18)26-24-25-12-11-21(19)28-24/h2,4-7,9-12,14-15H,3,8,13,16H2,1H3,(H,27,29)(H,25,26,28)/b4-2-. The molecule has 0 radical (unpaired) electrons. The van der Waals surface area contributed by atoms with E-state index in [4.69, 9.17) is 4.74 Å². The molecule has 6 heteroatoms. The number of carbonyl (C=O) groups excluding carboxylic acids is 1. The first kappa shape index (κ1) is 19.8. The van der Waals surface area contributed by atoms with Crippen LogP contribution in [-0.4, -0.2) is 22.5 Å². The number of ether oxygens (including phenoxy) is 1. The zero-order valence-corrected chi connectivity index (χ0v) is 16.9. The molecule has 1 aromatic heterocycles. The molecule has 2 aromatic carbocycles. The Bertz CT molecular complexity index is 1080. The van der Waals surface area contributed by atoms with Gasteiger partial charge in [-0.05, 0) is 48.7 Å². The van der Waals surface area contributed by atoms with Crippen molar-refractivity contribution >= 4 is 23.2 Å². The first-order chi connectivity index (χ1) is 14.7. The van der Waals surface area contributed by atoms with Gasteiger partial charge in [0.15, 0.2) is 0 Å². The third-order valence-electron chi connectivity index (χ3n) is 4.83. The number of amides is 1. The Balaban J connectivity index is 1.68. The number of aromatic nitrogens is 2. The number of allylic oxidation sites excluding steroid dienone is 1. The molecule has 6 bridgehead atoms. The monoisotopic (exact) mass is 400 g/mol. The minimum absolute atomic E-state index is 0.0141. The number of anilines is 3. The van der Waals surface area contributed by atoms with E-state index in [-0.39, 0.29) is 5.91 Å². The van der Waals surface area contributed by atoms with Gasteiger partial charge in [-0.3, -0.25) is 4.79 Å². The highest BCUT2D eigenvalue weighted by atomic mass is 16.5. The molecule has 3 aromatic rings. The molecule has 30 heavy (non-hydrogen) atoms. The number of benzene rings is 2. The Morgan fingerprint density at radius 2 is 1.97 bits per heavy atom. The number of rotatable bonds is 0. The van der Waals surface area contributed by atoms with E-state index in [0.29, 0.717) is 32.0 Å². The molecule has 0 spiro atoms. The zero-order chi connectivity index (χ0) is 20.8. The summed E-state index contributed by atoms with van der Waals surface area (Å²) < 4.78 is 5.71. The molecular formula is C24H24N4O2. The highest BCUT2D eigenvalue weighted by Gasteiger charge is 2.09.